The van der Waals surface area contributed by atoms with Gasteiger partial charge in [-0.1, -0.05) is 51.0 Å². The highest BCUT2D eigenvalue weighted by Crippen LogP contribution is 2.66. The van der Waals surface area contributed by atoms with Gasteiger partial charge in [0.15, 0.2) is 0 Å². The van der Waals surface area contributed by atoms with E-state index >= 15 is 0 Å². The molecule has 6 fully saturated rings. The van der Waals surface area contributed by atoms with Crippen molar-refractivity contribution in [3.05, 3.63) is 23.3 Å². The summed E-state index contributed by atoms with van der Waals surface area (Å²) in [5.74, 6) is 4.61. The van der Waals surface area contributed by atoms with E-state index < -0.39 is 0 Å². The van der Waals surface area contributed by atoms with Crippen molar-refractivity contribution in [2.24, 2.45) is 67.4 Å². The fraction of sp³-hybridized carbons (Fsp3) is 0.842. The van der Waals surface area contributed by atoms with Gasteiger partial charge in [-0.2, -0.15) is 10.2 Å². The highest BCUT2D eigenvalue weighted by Gasteiger charge is 2.60. The van der Waals surface area contributed by atoms with Crippen LogP contribution >= 0.6 is 0 Å². The summed E-state index contributed by atoms with van der Waals surface area (Å²) < 4.78 is 0. The summed E-state index contributed by atoms with van der Waals surface area (Å²) >= 11 is 0. The third-order valence-electron chi connectivity index (χ3n) is 15.9. The van der Waals surface area contributed by atoms with E-state index in [0.29, 0.717) is 10.8 Å². The van der Waals surface area contributed by atoms with E-state index in [0.717, 1.165) is 67.6 Å². The van der Waals surface area contributed by atoms with E-state index in [1.54, 1.807) is 11.1 Å². The largest absolute Gasteiger partial charge is 0.393 e. The molecule has 0 spiro atoms. The van der Waals surface area contributed by atoms with E-state index in [2.05, 4.69) is 39.8 Å². The summed E-state index contributed by atoms with van der Waals surface area (Å²) in [4.78, 5) is 0. The van der Waals surface area contributed by atoms with E-state index in [-0.39, 0.29) is 23.0 Å². The van der Waals surface area contributed by atoms with Crippen molar-refractivity contribution in [2.45, 2.75) is 143 Å². The summed E-state index contributed by atoms with van der Waals surface area (Å²) in [5, 5.41) is 31.2. The van der Waals surface area contributed by atoms with Crippen LogP contribution in [0.5, 0.6) is 0 Å². The molecule has 4 nitrogen and oxygen atoms in total. The molecule has 0 aromatic rings. The zero-order chi connectivity index (χ0) is 29.1. The average Bonchev–Trinajstić information content (AvgIpc) is 3.48. The molecule has 0 radical (unpaired) electrons. The molecule has 0 bridgehead atoms. The number of nitrogens with zero attached hydrogens (tertiary/aromatic N) is 2. The lowest BCUT2D eigenvalue weighted by Gasteiger charge is -2.57. The van der Waals surface area contributed by atoms with Gasteiger partial charge in [0, 0.05) is 22.3 Å². The minimum Gasteiger partial charge on any atom is -0.393 e. The molecule has 8 aliphatic rings. The fourth-order valence-electron chi connectivity index (χ4n) is 13.4. The van der Waals surface area contributed by atoms with E-state index in [9.17, 15) is 10.2 Å². The Kier molecular flexibility index (Phi) is 6.47. The molecule has 0 aliphatic heterocycles. The maximum Gasteiger partial charge on any atom is 0.0724 e. The summed E-state index contributed by atoms with van der Waals surface area (Å²) in [5.41, 5.74) is 7.02. The third-order valence-corrected chi connectivity index (χ3v) is 15.9. The Balaban J connectivity index is 1.02. The second-order valence-corrected chi connectivity index (χ2v) is 17.4. The highest BCUT2D eigenvalue weighted by atomic mass is 16.3. The van der Waals surface area contributed by atoms with Gasteiger partial charge in [0.05, 0.1) is 12.2 Å². The van der Waals surface area contributed by atoms with Gasteiger partial charge in [0.25, 0.3) is 0 Å². The Bertz CT molecular complexity index is 1260. The van der Waals surface area contributed by atoms with Crippen molar-refractivity contribution in [3.8, 4) is 0 Å². The molecule has 0 aromatic carbocycles. The summed E-state index contributed by atoms with van der Waals surface area (Å²) in [6, 6.07) is 0. The van der Waals surface area contributed by atoms with Crippen molar-refractivity contribution in [1.29, 1.82) is 0 Å². The van der Waals surface area contributed by atoms with Crippen LogP contribution in [0.3, 0.4) is 0 Å². The van der Waals surface area contributed by atoms with E-state index in [1.807, 2.05) is 0 Å². The van der Waals surface area contributed by atoms with Gasteiger partial charge in [-0.3, -0.25) is 0 Å². The van der Waals surface area contributed by atoms with Gasteiger partial charge < -0.3 is 10.2 Å². The first-order valence-corrected chi connectivity index (χ1v) is 18.0. The summed E-state index contributed by atoms with van der Waals surface area (Å²) in [6.45, 7) is 10.2. The number of aliphatic hydroxyl groups is 2. The maximum atomic E-state index is 10.4. The molecule has 2 N–H and O–H groups in total. The minimum atomic E-state index is -0.216. The Morgan fingerprint density at radius 2 is 1.14 bits per heavy atom. The topological polar surface area (TPSA) is 65.2 Å². The molecule has 0 amide bonds. The number of fused-ring (bicyclic) bond motifs is 10. The second-order valence-electron chi connectivity index (χ2n) is 17.4. The molecule has 0 aromatic heterocycles. The van der Waals surface area contributed by atoms with Crippen LogP contribution in [-0.2, 0) is 0 Å². The van der Waals surface area contributed by atoms with Gasteiger partial charge in [-0.25, -0.2) is 0 Å². The number of hydrogen-bond donors (Lipinski definition) is 2. The Morgan fingerprint density at radius 3 is 1.83 bits per heavy atom. The molecule has 6 saturated carbocycles. The number of allylic oxidation sites excluding steroid dienone is 2. The smallest absolute Gasteiger partial charge is 0.0724 e. The highest BCUT2D eigenvalue weighted by molar-refractivity contribution is 5.95. The van der Waals surface area contributed by atoms with Crippen LogP contribution in [0.4, 0.5) is 0 Å². The molecule has 12 atom stereocenters. The van der Waals surface area contributed by atoms with Crippen molar-refractivity contribution in [2.75, 3.05) is 0 Å². The Hall–Kier alpha value is -1.26. The van der Waals surface area contributed by atoms with Gasteiger partial charge >= 0.3 is 0 Å². The summed E-state index contributed by atoms with van der Waals surface area (Å²) in [6.07, 6.45) is 23.3. The van der Waals surface area contributed by atoms with Crippen LogP contribution < -0.4 is 0 Å². The standard InChI is InChI=1S/C38H56N2O2/c1-35-17-13-25(41)21-23(35)5-7-27-29-9-11-33(37(29,3)19-15-31(27)35)39-40-34-12-10-30-28-8-6-24-22-26(42)14-18-36(24,2)32(28)16-20-38(30,34)4/h5,22,25-32,41-42H,6-21H2,1-4H3/b39-33+,40-34+/t25?,26?,27?,28?,29?,30?,31?,32?,35-,36-,37-,38-/m1/s1. The van der Waals surface area contributed by atoms with Gasteiger partial charge in [-0.05, 0) is 149 Å². The van der Waals surface area contributed by atoms with E-state index in [1.165, 1.54) is 82.1 Å². The molecule has 8 aliphatic carbocycles. The van der Waals surface area contributed by atoms with Crippen LogP contribution in [0, 0.1) is 57.2 Å². The Morgan fingerprint density at radius 1 is 0.595 bits per heavy atom. The molecule has 8 rings (SSSR count). The summed E-state index contributed by atoms with van der Waals surface area (Å²) in [7, 11) is 0. The van der Waals surface area contributed by atoms with Crippen LogP contribution in [0.15, 0.2) is 33.5 Å². The minimum absolute atomic E-state index is 0.122. The van der Waals surface area contributed by atoms with Crippen molar-refractivity contribution in [1.82, 2.24) is 0 Å². The molecule has 230 valence electrons. The maximum absolute atomic E-state index is 10.4. The van der Waals surface area contributed by atoms with Crippen LogP contribution in [0.1, 0.15) is 130 Å². The predicted octanol–water partition coefficient (Wildman–Crippen LogP) is 8.43. The quantitative estimate of drug-likeness (QED) is 0.245. The van der Waals surface area contributed by atoms with Crippen molar-refractivity contribution in [3.63, 3.8) is 0 Å². The molecule has 4 heteroatoms. The van der Waals surface area contributed by atoms with E-state index in [4.69, 9.17) is 10.2 Å². The molecular formula is C38H56N2O2. The van der Waals surface area contributed by atoms with Gasteiger partial charge in [0.1, 0.15) is 0 Å². The van der Waals surface area contributed by atoms with Crippen LogP contribution in [-0.4, -0.2) is 33.8 Å². The monoisotopic (exact) mass is 572 g/mol. The van der Waals surface area contributed by atoms with Crippen molar-refractivity contribution >= 4 is 11.4 Å². The number of rotatable bonds is 1. The molecule has 0 heterocycles. The first kappa shape index (κ1) is 28.2. The zero-order valence-electron chi connectivity index (χ0n) is 26.9. The lowest BCUT2D eigenvalue weighted by atomic mass is 9.47. The average molecular weight is 573 g/mol. The molecular weight excluding hydrogens is 516 g/mol. The van der Waals surface area contributed by atoms with Crippen LogP contribution in [0.25, 0.3) is 0 Å². The van der Waals surface area contributed by atoms with Gasteiger partial charge in [-0.15, -0.1) is 0 Å². The first-order valence-electron chi connectivity index (χ1n) is 18.0. The van der Waals surface area contributed by atoms with Crippen LogP contribution in [0.2, 0.25) is 0 Å². The molecule has 8 unspecified atom stereocenters. The zero-order valence-corrected chi connectivity index (χ0v) is 26.9. The third kappa shape index (κ3) is 3.85. The fourth-order valence-corrected chi connectivity index (χ4v) is 13.4. The first-order chi connectivity index (χ1) is 20.1. The normalized spacial score (nSPS) is 55.1. The molecule has 0 saturated heterocycles. The lowest BCUT2D eigenvalue weighted by Crippen LogP contribution is -2.50. The second kappa shape index (κ2) is 9.62. The number of hydrogen-bond acceptors (Lipinski definition) is 4. The SMILES string of the molecule is C[C@@]12CCC3C(CC=C4CC(O)CC[C@]43C)C1CC/C2=N\N=C1/CCC2C3CCC4=CC(O)CC[C@@]4(C)C3CC[C@@]12C. The lowest BCUT2D eigenvalue weighted by molar-refractivity contribution is -0.0250. The molecule has 42 heavy (non-hydrogen) atoms. The predicted molar refractivity (Wildman–Crippen MR) is 170 cm³/mol. The Labute approximate surface area is 254 Å². The van der Waals surface area contributed by atoms with Crippen molar-refractivity contribution < 1.29 is 10.2 Å². The number of aliphatic hydroxyl groups excluding tert-OH is 2. The van der Waals surface area contributed by atoms with Gasteiger partial charge in [0.2, 0.25) is 0 Å².